The summed E-state index contributed by atoms with van der Waals surface area (Å²) in [5.74, 6) is -2.75. The Kier molecular flexibility index (Phi) is 9.43. The Morgan fingerprint density at radius 3 is 2.44 bits per heavy atom. The molecule has 0 aromatic heterocycles. The summed E-state index contributed by atoms with van der Waals surface area (Å²) in [6.07, 6.45) is 6.46. The van der Waals surface area contributed by atoms with Crippen LogP contribution in [0.15, 0.2) is 30.9 Å². The maximum atomic E-state index is 13.6. The van der Waals surface area contributed by atoms with Crippen LogP contribution in [0.1, 0.15) is 44.1 Å². The summed E-state index contributed by atoms with van der Waals surface area (Å²) in [5, 5.41) is 2.51. The maximum Gasteiger partial charge on any atom is 0.328 e. The van der Waals surface area contributed by atoms with Crippen LogP contribution in [0.2, 0.25) is 0 Å². The van der Waals surface area contributed by atoms with Gasteiger partial charge in [-0.2, -0.15) is 0 Å². The molecule has 0 saturated heterocycles. The normalized spacial score (nSPS) is 11.6. The van der Waals surface area contributed by atoms with E-state index in [0.29, 0.717) is 6.42 Å². The van der Waals surface area contributed by atoms with E-state index in [1.54, 1.807) is 0 Å². The molecule has 0 fully saturated rings. The topological polar surface area (TPSA) is 55.4 Å². The van der Waals surface area contributed by atoms with Crippen molar-refractivity contribution in [1.82, 2.24) is 5.32 Å². The SMILES string of the molecule is C=CCCCCCC[C@H](NC(=O)Cc1c(F)cccc1F)C(=O)OC. The van der Waals surface area contributed by atoms with Crippen molar-refractivity contribution in [2.75, 3.05) is 7.11 Å². The van der Waals surface area contributed by atoms with E-state index in [1.807, 2.05) is 6.08 Å². The average Bonchev–Trinajstić information content (AvgIpc) is 2.59. The number of allylic oxidation sites excluding steroid dienone is 1. The molecule has 0 heterocycles. The number of benzene rings is 1. The minimum atomic E-state index is -0.813. The Bertz CT molecular complexity index is 570. The summed E-state index contributed by atoms with van der Waals surface area (Å²) in [6.45, 7) is 3.66. The molecule has 1 atom stereocenters. The number of hydrogen-bond donors (Lipinski definition) is 1. The summed E-state index contributed by atoms with van der Waals surface area (Å²) in [4.78, 5) is 23.9. The van der Waals surface area contributed by atoms with Crippen LogP contribution in [0.5, 0.6) is 0 Å². The van der Waals surface area contributed by atoms with Crippen molar-refractivity contribution in [1.29, 1.82) is 0 Å². The minimum absolute atomic E-state index is 0.312. The van der Waals surface area contributed by atoms with Crippen LogP contribution in [0.4, 0.5) is 8.78 Å². The van der Waals surface area contributed by atoms with E-state index in [9.17, 15) is 18.4 Å². The third kappa shape index (κ3) is 7.45. The molecule has 0 spiro atoms. The molecule has 1 aromatic rings. The molecule has 0 saturated carbocycles. The van der Waals surface area contributed by atoms with E-state index < -0.39 is 36.0 Å². The van der Waals surface area contributed by atoms with Gasteiger partial charge in [0.2, 0.25) is 5.91 Å². The highest BCUT2D eigenvalue weighted by Gasteiger charge is 2.22. The highest BCUT2D eigenvalue weighted by Crippen LogP contribution is 2.13. The van der Waals surface area contributed by atoms with Crippen molar-refractivity contribution < 1.29 is 23.1 Å². The van der Waals surface area contributed by atoms with Gasteiger partial charge in [0.05, 0.1) is 13.5 Å². The number of esters is 1. The Labute approximate surface area is 147 Å². The zero-order valence-electron chi connectivity index (χ0n) is 14.5. The van der Waals surface area contributed by atoms with Gasteiger partial charge in [-0.3, -0.25) is 4.79 Å². The van der Waals surface area contributed by atoms with Gasteiger partial charge in [0.25, 0.3) is 0 Å². The lowest BCUT2D eigenvalue weighted by atomic mass is 10.1. The van der Waals surface area contributed by atoms with E-state index in [4.69, 9.17) is 4.74 Å². The van der Waals surface area contributed by atoms with E-state index in [2.05, 4.69) is 11.9 Å². The predicted octanol–water partition coefficient (Wildman–Crippen LogP) is 3.69. The van der Waals surface area contributed by atoms with E-state index >= 15 is 0 Å². The second-order valence-corrected chi connectivity index (χ2v) is 5.80. The molecule has 0 radical (unpaired) electrons. The van der Waals surface area contributed by atoms with Crippen LogP contribution in [0.3, 0.4) is 0 Å². The van der Waals surface area contributed by atoms with E-state index in [0.717, 1.165) is 44.2 Å². The van der Waals surface area contributed by atoms with Crippen molar-refractivity contribution >= 4 is 11.9 Å². The van der Waals surface area contributed by atoms with Gasteiger partial charge in [0.1, 0.15) is 17.7 Å². The lowest BCUT2D eigenvalue weighted by Gasteiger charge is -2.16. The quantitative estimate of drug-likeness (QED) is 0.375. The summed E-state index contributed by atoms with van der Waals surface area (Å²) in [7, 11) is 1.24. The molecule has 0 aliphatic carbocycles. The second-order valence-electron chi connectivity index (χ2n) is 5.80. The molecule has 1 amide bonds. The molecule has 4 nitrogen and oxygen atoms in total. The molecule has 1 N–H and O–H groups in total. The molecule has 0 aliphatic rings. The van der Waals surface area contributed by atoms with Crippen LogP contribution in [0, 0.1) is 11.6 Å². The van der Waals surface area contributed by atoms with Crippen molar-refractivity contribution in [3.8, 4) is 0 Å². The third-order valence-corrected chi connectivity index (χ3v) is 3.87. The molecular formula is C19H25F2NO3. The van der Waals surface area contributed by atoms with Crippen LogP contribution < -0.4 is 5.32 Å². The molecule has 0 bridgehead atoms. The zero-order valence-corrected chi connectivity index (χ0v) is 14.5. The van der Waals surface area contributed by atoms with Gasteiger partial charge in [0.15, 0.2) is 0 Å². The number of nitrogens with one attached hydrogen (secondary N) is 1. The smallest absolute Gasteiger partial charge is 0.328 e. The standard InChI is InChI=1S/C19H25F2NO3/c1-3-4-5-6-7-8-12-17(19(24)25-2)22-18(23)13-14-15(20)10-9-11-16(14)21/h3,9-11,17H,1,4-8,12-13H2,2H3,(H,22,23)/t17-/m0/s1. The van der Waals surface area contributed by atoms with E-state index in [1.165, 1.54) is 13.2 Å². The molecule has 0 aliphatic heterocycles. The van der Waals surface area contributed by atoms with Crippen LogP contribution in [-0.2, 0) is 20.7 Å². The van der Waals surface area contributed by atoms with Crippen molar-refractivity contribution in [3.05, 3.63) is 48.1 Å². The summed E-state index contributed by atoms with van der Waals surface area (Å²) in [6, 6.07) is 2.60. The largest absolute Gasteiger partial charge is 0.467 e. The second kappa shape index (κ2) is 11.3. The fraction of sp³-hybridized carbons (Fsp3) is 0.474. The first-order valence-corrected chi connectivity index (χ1v) is 8.40. The first-order valence-electron chi connectivity index (χ1n) is 8.40. The van der Waals surface area contributed by atoms with Gasteiger partial charge in [-0.15, -0.1) is 6.58 Å². The van der Waals surface area contributed by atoms with Gasteiger partial charge in [0, 0.05) is 5.56 Å². The van der Waals surface area contributed by atoms with E-state index in [-0.39, 0.29) is 5.56 Å². The number of halogens is 2. The van der Waals surface area contributed by atoms with Crippen molar-refractivity contribution in [2.45, 2.75) is 51.0 Å². The zero-order chi connectivity index (χ0) is 18.7. The highest BCUT2D eigenvalue weighted by atomic mass is 19.1. The average molecular weight is 353 g/mol. The van der Waals surface area contributed by atoms with Crippen LogP contribution in [0.25, 0.3) is 0 Å². The number of methoxy groups -OCH3 is 1. The number of amides is 1. The van der Waals surface area contributed by atoms with Gasteiger partial charge in [-0.05, 0) is 31.4 Å². The number of hydrogen-bond acceptors (Lipinski definition) is 3. The fourth-order valence-corrected chi connectivity index (χ4v) is 2.49. The maximum absolute atomic E-state index is 13.6. The lowest BCUT2D eigenvalue weighted by molar-refractivity contribution is -0.145. The molecule has 138 valence electrons. The molecule has 25 heavy (non-hydrogen) atoms. The van der Waals surface area contributed by atoms with Gasteiger partial charge in [-0.1, -0.05) is 31.4 Å². The number of carbonyl (C=O) groups excluding carboxylic acids is 2. The molecule has 1 aromatic carbocycles. The van der Waals surface area contributed by atoms with Gasteiger partial charge >= 0.3 is 5.97 Å². The number of rotatable bonds is 11. The van der Waals surface area contributed by atoms with Gasteiger partial charge in [-0.25, -0.2) is 13.6 Å². The highest BCUT2D eigenvalue weighted by molar-refractivity contribution is 5.85. The fourth-order valence-electron chi connectivity index (χ4n) is 2.49. The Balaban J connectivity index is 2.55. The third-order valence-electron chi connectivity index (χ3n) is 3.87. The summed E-state index contributed by atoms with van der Waals surface area (Å²) < 4.78 is 31.9. The predicted molar refractivity (Wildman–Crippen MR) is 91.9 cm³/mol. The molecule has 1 rings (SSSR count). The lowest BCUT2D eigenvalue weighted by Crippen LogP contribution is -2.42. The monoisotopic (exact) mass is 353 g/mol. The van der Waals surface area contributed by atoms with Crippen molar-refractivity contribution in [3.63, 3.8) is 0 Å². The molecular weight excluding hydrogens is 328 g/mol. The van der Waals surface area contributed by atoms with Crippen LogP contribution >= 0.6 is 0 Å². The number of carbonyl (C=O) groups is 2. The summed E-state index contributed by atoms with van der Waals surface area (Å²) >= 11 is 0. The van der Waals surface area contributed by atoms with Gasteiger partial charge < -0.3 is 10.1 Å². The Hall–Kier alpha value is -2.24. The molecule has 6 heteroatoms. The summed E-state index contributed by atoms with van der Waals surface area (Å²) in [5.41, 5.74) is -0.312. The van der Waals surface area contributed by atoms with Crippen LogP contribution in [-0.4, -0.2) is 25.0 Å². The Morgan fingerprint density at radius 1 is 1.20 bits per heavy atom. The molecule has 0 unspecified atom stereocenters. The Morgan fingerprint density at radius 2 is 1.84 bits per heavy atom. The van der Waals surface area contributed by atoms with Crippen molar-refractivity contribution in [2.24, 2.45) is 0 Å². The first-order chi connectivity index (χ1) is 12.0. The first kappa shape index (κ1) is 20.8. The number of unbranched alkanes of at least 4 members (excludes halogenated alkanes) is 4. The minimum Gasteiger partial charge on any atom is -0.467 e. The number of ether oxygens (including phenoxy) is 1.